The summed E-state index contributed by atoms with van der Waals surface area (Å²) >= 11 is 6.16. The van der Waals surface area contributed by atoms with Gasteiger partial charge in [0.15, 0.2) is 0 Å². The van der Waals surface area contributed by atoms with E-state index in [1.807, 2.05) is 24.4 Å². The highest BCUT2D eigenvalue weighted by atomic mass is 35.5. The monoisotopic (exact) mass is 210 g/mol. The SMILES string of the molecule is ClC1CCCC1NCc1ccccn1. The van der Waals surface area contributed by atoms with E-state index >= 15 is 0 Å². The molecular weight excluding hydrogens is 196 g/mol. The Morgan fingerprint density at radius 2 is 2.36 bits per heavy atom. The highest BCUT2D eigenvalue weighted by molar-refractivity contribution is 6.21. The van der Waals surface area contributed by atoms with Crippen molar-refractivity contribution >= 4 is 11.6 Å². The van der Waals surface area contributed by atoms with Crippen LogP contribution in [0.4, 0.5) is 0 Å². The number of nitrogens with zero attached hydrogens (tertiary/aromatic N) is 1. The molecular formula is C11H15ClN2. The van der Waals surface area contributed by atoms with Crippen LogP contribution in [0.25, 0.3) is 0 Å². The van der Waals surface area contributed by atoms with E-state index in [9.17, 15) is 0 Å². The highest BCUT2D eigenvalue weighted by Crippen LogP contribution is 2.24. The van der Waals surface area contributed by atoms with E-state index in [1.54, 1.807) is 0 Å². The van der Waals surface area contributed by atoms with E-state index < -0.39 is 0 Å². The molecule has 0 aliphatic heterocycles. The molecule has 0 bridgehead atoms. The Balaban J connectivity index is 1.82. The minimum atomic E-state index is 0.304. The number of aromatic nitrogens is 1. The molecule has 2 unspecified atom stereocenters. The molecule has 3 heteroatoms. The van der Waals surface area contributed by atoms with Crippen LogP contribution in [-0.4, -0.2) is 16.4 Å². The zero-order valence-corrected chi connectivity index (χ0v) is 8.87. The lowest BCUT2D eigenvalue weighted by Crippen LogP contribution is -2.32. The molecule has 0 radical (unpaired) electrons. The second kappa shape index (κ2) is 4.76. The van der Waals surface area contributed by atoms with Crippen molar-refractivity contribution in [3.05, 3.63) is 30.1 Å². The van der Waals surface area contributed by atoms with Crippen LogP contribution in [0, 0.1) is 0 Å². The van der Waals surface area contributed by atoms with Crippen molar-refractivity contribution in [2.45, 2.75) is 37.2 Å². The van der Waals surface area contributed by atoms with Crippen LogP contribution in [0.15, 0.2) is 24.4 Å². The van der Waals surface area contributed by atoms with Gasteiger partial charge in [0.1, 0.15) is 0 Å². The van der Waals surface area contributed by atoms with Gasteiger partial charge in [0.05, 0.1) is 5.69 Å². The summed E-state index contributed by atoms with van der Waals surface area (Å²) in [4.78, 5) is 4.26. The van der Waals surface area contributed by atoms with Crippen molar-refractivity contribution in [2.24, 2.45) is 0 Å². The molecule has 0 aromatic carbocycles. The molecule has 1 fully saturated rings. The molecule has 14 heavy (non-hydrogen) atoms. The Morgan fingerprint density at radius 1 is 1.43 bits per heavy atom. The van der Waals surface area contributed by atoms with Gasteiger partial charge >= 0.3 is 0 Å². The van der Waals surface area contributed by atoms with E-state index in [2.05, 4.69) is 10.3 Å². The van der Waals surface area contributed by atoms with E-state index in [0.29, 0.717) is 11.4 Å². The predicted molar refractivity (Wildman–Crippen MR) is 58.4 cm³/mol. The molecule has 1 aliphatic carbocycles. The van der Waals surface area contributed by atoms with Crippen LogP contribution in [0.3, 0.4) is 0 Å². The van der Waals surface area contributed by atoms with Gasteiger partial charge in [-0.05, 0) is 25.0 Å². The van der Waals surface area contributed by atoms with Crippen molar-refractivity contribution in [1.82, 2.24) is 10.3 Å². The third-order valence-electron chi connectivity index (χ3n) is 2.70. The number of hydrogen-bond donors (Lipinski definition) is 1. The standard InChI is InChI=1S/C11H15ClN2/c12-10-5-3-6-11(10)14-8-9-4-1-2-7-13-9/h1-2,4,7,10-11,14H,3,5-6,8H2. The number of hydrogen-bond acceptors (Lipinski definition) is 2. The molecule has 0 amide bonds. The Hall–Kier alpha value is -0.600. The summed E-state index contributed by atoms with van der Waals surface area (Å²) in [5.74, 6) is 0. The Bertz CT molecular complexity index is 276. The summed E-state index contributed by atoms with van der Waals surface area (Å²) in [7, 11) is 0. The summed E-state index contributed by atoms with van der Waals surface area (Å²) in [6.07, 6.45) is 5.40. The summed E-state index contributed by atoms with van der Waals surface area (Å²) < 4.78 is 0. The largest absolute Gasteiger partial charge is 0.307 e. The van der Waals surface area contributed by atoms with Crippen molar-refractivity contribution in [3.63, 3.8) is 0 Å². The minimum Gasteiger partial charge on any atom is -0.307 e. The first-order valence-corrected chi connectivity index (χ1v) is 5.57. The maximum atomic E-state index is 6.16. The van der Waals surface area contributed by atoms with Crippen molar-refractivity contribution in [1.29, 1.82) is 0 Å². The Morgan fingerprint density at radius 3 is 3.00 bits per heavy atom. The Labute approximate surface area is 89.7 Å². The summed E-state index contributed by atoms with van der Waals surface area (Å²) in [6.45, 7) is 0.828. The molecule has 76 valence electrons. The van der Waals surface area contributed by atoms with Gasteiger partial charge in [0.2, 0.25) is 0 Å². The van der Waals surface area contributed by atoms with Gasteiger partial charge in [-0.15, -0.1) is 11.6 Å². The molecule has 2 nitrogen and oxygen atoms in total. The second-order valence-electron chi connectivity index (χ2n) is 3.76. The van der Waals surface area contributed by atoms with E-state index in [1.165, 1.54) is 12.8 Å². The lowest BCUT2D eigenvalue weighted by molar-refractivity contribution is 0.524. The number of nitrogens with one attached hydrogen (secondary N) is 1. The van der Waals surface area contributed by atoms with Gasteiger partial charge in [-0.2, -0.15) is 0 Å². The first-order valence-electron chi connectivity index (χ1n) is 5.13. The second-order valence-corrected chi connectivity index (χ2v) is 4.32. The van der Waals surface area contributed by atoms with E-state index in [-0.39, 0.29) is 0 Å². The van der Waals surface area contributed by atoms with Crippen molar-refractivity contribution in [2.75, 3.05) is 0 Å². The normalized spacial score (nSPS) is 26.6. The zero-order valence-electron chi connectivity index (χ0n) is 8.12. The summed E-state index contributed by atoms with van der Waals surface area (Å²) in [6, 6.07) is 6.45. The Kier molecular flexibility index (Phi) is 3.38. The zero-order chi connectivity index (χ0) is 9.80. The summed E-state index contributed by atoms with van der Waals surface area (Å²) in [5, 5.41) is 3.76. The topological polar surface area (TPSA) is 24.9 Å². The lowest BCUT2D eigenvalue weighted by Gasteiger charge is -2.15. The molecule has 2 rings (SSSR count). The average Bonchev–Trinajstić information content (AvgIpc) is 2.63. The van der Waals surface area contributed by atoms with Gasteiger partial charge < -0.3 is 5.32 Å². The van der Waals surface area contributed by atoms with Gasteiger partial charge in [-0.3, -0.25) is 4.98 Å². The van der Waals surface area contributed by atoms with Gasteiger partial charge in [-0.25, -0.2) is 0 Å². The molecule has 1 heterocycles. The van der Waals surface area contributed by atoms with Crippen molar-refractivity contribution < 1.29 is 0 Å². The third-order valence-corrected chi connectivity index (χ3v) is 3.23. The van der Waals surface area contributed by atoms with Crippen LogP contribution >= 0.6 is 11.6 Å². The lowest BCUT2D eigenvalue weighted by atomic mass is 10.2. The number of halogens is 1. The van der Waals surface area contributed by atoms with E-state index in [0.717, 1.165) is 18.7 Å². The van der Waals surface area contributed by atoms with Gasteiger partial charge in [0, 0.05) is 24.2 Å². The molecule has 1 aromatic heterocycles. The third kappa shape index (κ3) is 2.46. The highest BCUT2D eigenvalue weighted by Gasteiger charge is 2.24. The quantitative estimate of drug-likeness (QED) is 0.775. The number of rotatable bonds is 3. The fraction of sp³-hybridized carbons (Fsp3) is 0.545. The number of pyridine rings is 1. The first kappa shape index (κ1) is 9.94. The molecule has 0 saturated heterocycles. The maximum absolute atomic E-state index is 6.16. The van der Waals surface area contributed by atoms with Crippen LogP contribution in [0.2, 0.25) is 0 Å². The molecule has 1 aliphatic rings. The van der Waals surface area contributed by atoms with Crippen LogP contribution in [0.5, 0.6) is 0 Å². The molecule has 0 spiro atoms. The van der Waals surface area contributed by atoms with E-state index in [4.69, 9.17) is 11.6 Å². The molecule has 1 aromatic rings. The van der Waals surface area contributed by atoms with Crippen LogP contribution in [0.1, 0.15) is 25.0 Å². The molecule has 2 atom stereocenters. The van der Waals surface area contributed by atoms with Gasteiger partial charge in [-0.1, -0.05) is 12.5 Å². The average molecular weight is 211 g/mol. The van der Waals surface area contributed by atoms with Crippen LogP contribution in [-0.2, 0) is 6.54 Å². The molecule has 1 N–H and O–H groups in total. The van der Waals surface area contributed by atoms with Crippen molar-refractivity contribution in [3.8, 4) is 0 Å². The predicted octanol–water partition coefficient (Wildman–Crippen LogP) is 2.33. The van der Waals surface area contributed by atoms with Gasteiger partial charge in [0.25, 0.3) is 0 Å². The van der Waals surface area contributed by atoms with Crippen LogP contribution < -0.4 is 5.32 Å². The molecule has 1 saturated carbocycles. The maximum Gasteiger partial charge on any atom is 0.0541 e. The minimum absolute atomic E-state index is 0.304. The number of alkyl halides is 1. The summed E-state index contributed by atoms with van der Waals surface area (Å²) in [5.41, 5.74) is 1.09. The fourth-order valence-electron chi connectivity index (χ4n) is 1.88. The fourth-order valence-corrected chi connectivity index (χ4v) is 2.25. The smallest absolute Gasteiger partial charge is 0.0541 e. The first-order chi connectivity index (χ1) is 6.86.